The van der Waals surface area contributed by atoms with Crippen molar-refractivity contribution in [2.24, 2.45) is 0 Å². The molecule has 1 spiro atoms. The summed E-state index contributed by atoms with van der Waals surface area (Å²) < 4.78 is 12.5. The van der Waals surface area contributed by atoms with Crippen LogP contribution in [0.1, 0.15) is 31.2 Å². The van der Waals surface area contributed by atoms with Crippen LogP contribution in [0.3, 0.4) is 0 Å². The average molecular weight is 280 g/mol. The van der Waals surface area contributed by atoms with Crippen molar-refractivity contribution in [3.63, 3.8) is 0 Å². The number of nitriles is 1. The minimum absolute atomic E-state index is 0.449. The van der Waals surface area contributed by atoms with Gasteiger partial charge in [-0.2, -0.15) is 5.26 Å². The number of fused-ring (bicyclic) bond motifs is 1. The van der Waals surface area contributed by atoms with Gasteiger partial charge in [0.1, 0.15) is 6.07 Å². The predicted octanol–water partition coefficient (Wildman–Crippen LogP) is 3.36. The van der Waals surface area contributed by atoms with Crippen molar-refractivity contribution in [2.45, 2.75) is 31.5 Å². The van der Waals surface area contributed by atoms with Crippen LogP contribution in [0, 0.1) is 11.3 Å². The van der Waals surface area contributed by atoms with E-state index in [1.807, 2.05) is 6.07 Å². The summed E-state index contributed by atoms with van der Waals surface area (Å²) in [5, 5.41) is 8.93. The Morgan fingerprint density at radius 1 is 1.19 bits per heavy atom. The molecular formula is C12H10BrNO2. The first kappa shape index (κ1) is 9.98. The number of benzene rings is 1. The Morgan fingerprint density at radius 3 is 2.44 bits per heavy atom. The second-order valence-corrected chi connectivity index (χ2v) is 5.07. The maximum atomic E-state index is 8.93. The van der Waals surface area contributed by atoms with E-state index >= 15 is 0 Å². The molecule has 0 atom stereocenters. The molecule has 4 heteroatoms. The van der Waals surface area contributed by atoms with Crippen LogP contribution in [0.5, 0.6) is 11.5 Å². The van der Waals surface area contributed by atoms with Gasteiger partial charge < -0.3 is 9.47 Å². The molecule has 3 rings (SSSR count). The van der Waals surface area contributed by atoms with Crippen LogP contribution < -0.4 is 9.47 Å². The molecule has 0 amide bonds. The zero-order chi connectivity index (χ0) is 11.2. The number of halogens is 1. The molecular weight excluding hydrogens is 270 g/mol. The van der Waals surface area contributed by atoms with Gasteiger partial charge in [0.15, 0.2) is 11.5 Å². The highest BCUT2D eigenvalue weighted by Gasteiger charge is 2.44. The van der Waals surface area contributed by atoms with E-state index in [9.17, 15) is 0 Å². The first-order chi connectivity index (χ1) is 7.72. The molecule has 0 saturated heterocycles. The number of rotatable bonds is 0. The molecule has 0 radical (unpaired) electrons. The van der Waals surface area contributed by atoms with Crippen LogP contribution >= 0.6 is 15.9 Å². The Kier molecular flexibility index (Phi) is 2.11. The van der Waals surface area contributed by atoms with Gasteiger partial charge in [0, 0.05) is 23.4 Å². The highest BCUT2D eigenvalue weighted by Crippen LogP contribution is 2.48. The minimum atomic E-state index is -0.449. The summed E-state index contributed by atoms with van der Waals surface area (Å²) in [6, 6.07) is 5.68. The topological polar surface area (TPSA) is 42.2 Å². The first-order valence-electron chi connectivity index (χ1n) is 5.34. The van der Waals surface area contributed by atoms with Crippen molar-refractivity contribution in [1.29, 1.82) is 5.26 Å². The average Bonchev–Trinajstić information content (AvgIpc) is 2.84. The normalized spacial score (nSPS) is 20.0. The second-order valence-electron chi connectivity index (χ2n) is 4.21. The van der Waals surface area contributed by atoms with Gasteiger partial charge in [0.05, 0.1) is 5.56 Å². The zero-order valence-corrected chi connectivity index (χ0v) is 10.2. The number of hydrogen-bond donors (Lipinski definition) is 0. The summed E-state index contributed by atoms with van der Waals surface area (Å²) in [5.74, 6) is 0.991. The van der Waals surface area contributed by atoms with E-state index in [0.717, 1.165) is 35.9 Å². The molecule has 2 aliphatic rings. The highest BCUT2D eigenvalue weighted by molar-refractivity contribution is 9.10. The van der Waals surface area contributed by atoms with Gasteiger partial charge in [0.25, 0.3) is 5.79 Å². The Labute approximate surface area is 102 Å². The SMILES string of the molecule is N#Cc1cc2c(cc1Br)OC1(CCCC1)O2. The third-order valence-electron chi connectivity index (χ3n) is 3.11. The molecule has 1 saturated carbocycles. The van der Waals surface area contributed by atoms with Gasteiger partial charge in [-0.15, -0.1) is 0 Å². The molecule has 0 aromatic heterocycles. The molecule has 1 aromatic carbocycles. The zero-order valence-electron chi connectivity index (χ0n) is 8.62. The number of ether oxygens (including phenoxy) is 2. The maximum absolute atomic E-state index is 8.93. The lowest BCUT2D eigenvalue weighted by molar-refractivity contribution is -0.0716. The summed E-state index contributed by atoms with van der Waals surface area (Å²) in [6.07, 6.45) is 4.14. The Balaban J connectivity index is 2.01. The standard InChI is InChI=1S/C12H10BrNO2/c13-9-6-11-10(5-8(9)7-14)15-12(16-11)3-1-2-4-12/h5-6H,1-4H2. The quantitative estimate of drug-likeness (QED) is 0.731. The van der Waals surface area contributed by atoms with E-state index < -0.39 is 5.79 Å². The number of nitrogens with zero attached hydrogens (tertiary/aromatic N) is 1. The fraction of sp³-hybridized carbons (Fsp3) is 0.417. The minimum Gasteiger partial charge on any atom is -0.448 e. The van der Waals surface area contributed by atoms with Gasteiger partial charge in [-0.25, -0.2) is 0 Å². The molecule has 1 aliphatic carbocycles. The molecule has 0 bridgehead atoms. The van der Waals surface area contributed by atoms with E-state index in [0.29, 0.717) is 11.3 Å². The summed E-state index contributed by atoms with van der Waals surface area (Å²) in [6.45, 7) is 0. The van der Waals surface area contributed by atoms with E-state index in [4.69, 9.17) is 14.7 Å². The lowest BCUT2D eigenvalue weighted by Crippen LogP contribution is -2.34. The smallest absolute Gasteiger partial charge is 0.251 e. The van der Waals surface area contributed by atoms with Crippen molar-refractivity contribution >= 4 is 15.9 Å². The molecule has 82 valence electrons. The summed E-state index contributed by atoms with van der Waals surface area (Å²) in [4.78, 5) is 0. The van der Waals surface area contributed by atoms with E-state index in [1.54, 1.807) is 6.07 Å². The molecule has 1 aliphatic heterocycles. The third kappa shape index (κ3) is 1.39. The summed E-state index contributed by atoms with van der Waals surface area (Å²) in [7, 11) is 0. The van der Waals surface area contributed by atoms with Gasteiger partial charge in [0.2, 0.25) is 0 Å². The van der Waals surface area contributed by atoms with Crippen LogP contribution in [0.15, 0.2) is 16.6 Å². The summed E-state index contributed by atoms with van der Waals surface area (Å²) >= 11 is 3.35. The van der Waals surface area contributed by atoms with Crippen LogP contribution in [0.4, 0.5) is 0 Å². The van der Waals surface area contributed by atoms with Crippen molar-refractivity contribution < 1.29 is 9.47 Å². The lowest BCUT2D eigenvalue weighted by Gasteiger charge is -2.21. The van der Waals surface area contributed by atoms with Gasteiger partial charge in [-0.1, -0.05) is 0 Å². The molecule has 0 N–H and O–H groups in total. The Hall–Kier alpha value is -1.21. The fourth-order valence-corrected chi connectivity index (χ4v) is 2.73. The molecule has 1 aromatic rings. The lowest BCUT2D eigenvalue weighted by atomic mass is 10.2. The van der Waals surface area contributed by atoms with Crippen LogP contribution in [-0.2, 0) is 0 Å². The third-order valence-corrected chi connectivity index (χ3v) is 3.77. The van der Waals surface area contributed by atoms with Crippen molar-refractivity contribution in [3.05, 3.63) is 22.2 Å². The molecule has 1 fully saturated rings. The van der Waals surface area contributed by atoms with Crippen molar-refractivity contribution in [1.82, 2.24) is 0 Å². The highest BCUT2D eigenvalue weighted by atomic mass is 79.9. The molecule has 3 nitrogen and oxygen atoms in total. The Morgan fingerprint density at radius 2 is 1.81 bits per heavy atom. The van der Waals surface area contributed by atoms with E-state index in [2.05, 4.69) is 22.0 Å². The molecule has 0 unspecified atom stereocenters. The number of hydrogen-bond acceptors (Lipinski definition) is 3. The van der Waals surface area contributed by atoms with Crippen LogP contribution in [0.25, 0.3) is 0 Å². The predicted molar refractivity (Wildman–Crippen MR) is 61.3 cm³/mol. The van der Waals surface area contributed by atoms with Crippen LogP contribution in [0.2, 0.25) is 0 Å². The summed E-state index contributed by atoms with van der Waals surface area (Å²) in [5.41, 5.74) is 0.581. The van der Waals surface area contributed by atoms with Gasteiger partial charge >= 0.3 is 0 Å². The fourth-order valence-electron chi connectivity index (χ4n) is 2.32. The van der Waals surface area contributed by atoms with E-state index in [1.165, 1.54) is 0 Å². The van der Waals surface area contributed by atoms with Gasteiger partial charge in [-0.05, 0) is 34.8 Å². The van der Waals surface area contributed by atoms with E-state index in [-0.39, 0.29) is 0 Å². The van der Waals surface area contributed by atoms with Gasteiger partial charge in [-0.3, -0.25) is 0 Å². The molecule has 1 heterocycles. The van der Waals surface area contributed by atoms with Crippen molar-refractivity contribution in [3.8, 4) is 17.6 Å². The Bertz CT molecular complexity index is 487. The second kappa shape index (κ2) is 3.39. The first-order valence-corrected chi connectivity index (χ1v) is 6.13. The van der Waals surface area contributed by atoms with Crippen LogP contribution in [-0.4, -0.2) is 5.79 Å². The monoisotopic (exact) mass is 279 g/mol. The maximum Gasteiger partial charge on any atom is 0.251 e. The molecule has 16 heavy (non-hydrogen) atoms. The van der Waals surface area contributed by atoms with Crippen molar-refractivity contribution in [2.75, 3.05) is 0 Å². The largest absolute Gasteiger partial charge is 0.448 e.